The van der Waals surface area contributed by atoms with Crippen molar-refractivity contribution < 1.29 is 28.8 Å². The van der Waals surface area contributed by atoms with E-state index >= 15 is 0 Å². The first-order chi connectivity index (χ1) is 20.0. The predicted molar refractivity (Wildman–Crippen MR) is 154 cm³/mol. The third-order valence-corrected chi connectivity index (χ3v) is 8.47. The lowest BCUT2D eigenvalue weighted by Gasteiger charge is -2.44. The maximum atomic E-state index is 12.6. The van der Waals surface area contributed by atoms with Gasteiger partial charge in [0.15, 0.2) is 12.1 Å². The number of carbonyl (C=O) groups excluding carboxylic acids is 1. The van der Waals surface area contributed by atoms with Crippen LogP contribution in [-0.4, -0.2) is 60.7 Å². The third kappa shape index (κ3) is 6.38. The molecule has 3 aromatic rings. The van der Waals surface area contributed by atoms with E-state index in [-0.39, 0.29) is 30.6 Å². The van der Waals surface area contributed by atoms with Crippen LogP contribution in [0.1, 0.15) is 59.2 Å². The van der Waals surface area contributed by atoms with Crippen LogP contribution in [0.5, 0.6) is 0 Å². The molecular formula is C33H38N2O6. The van der Waals surface area contributed by atoms with Gasteiger partial charge < -0.3 is 34.3 Å². The molecule has 41 heavy (non-hydrogen) atoms. The van der Waals surface area contributed by atoms with Crippen molar-refractivity contribution in [1.29, 1.82) is 0 Å². The van der Waals surface area contributed by atoms with Crippen molar-refractivity contribution >= 4 is 11.6 Å². The van der Waals surface area contributed by atoms with Crippen LogP contribution in [0.15, 0.2) is 78.9 Å². The zero-order valence-electron chi connectivity index (χ0n) is 23.4. The van der Waals surface area contributed by atoms with Gasteiger partial charge in [0, 0.05) is 55.2 Å². The quantitative estimate of drug-likeness (QED) is 0.419. The second-order valence-electron chi connectivity index (χ2n) is 11.2. The minimum atomic E-state index is -0.560. The second kappa shape index (κ2) is 12.4. The number of carbonyl (C=O) groups is 1. The number of anilines is 1. The number of benzene rings is 3. The molecule has 1 spiro atoms. The Hall–Kier alpha value is -3.11. The lowest BCUT2D eigenvalue weighted by Crippen LogP contribution is -2.50. The van der Waals surface area contributed by atoms with Crippen LogP contribution in [0.4, 0.5) is 5.69 Å². The van der Waals surface area contributed by atoms with Crippen molar-refractivity contribution in [1.82, 2.24) is 4.90 Å². The number of aliphatic hydroxyl groups is 1. The van der Waals surface area contributed by atoms with Crippen molar-refractivity contribution in [3.63, 3.8) is 0 Å². The number of hydrogen-bond acceptors (Lipinski definition) is 7. The molecule has 216 valence electrons. The van der Waals surface area contributed by atoms with Crippen molar-refractivity contribution in [3.05, 3.63) is 101 Å². The Morgan fingerprint density at radius 3 is 2.22 bits per heavy atom. The van der Waals surface area contributed by atoms with E-state index in [2.05, 4.69) is 17.1 Å². The highest BCUT2D eigenvalue weighted by molar-refractivity contribution is 6.04. The van der Waals surface area contributed by atoms with E-state index in [1.807, 2.05) is 66.7 Å². The van der Waals surface area contributed by atoms with Gasteiger partial charge in [0.25, 0.3) is 5.91 Å². The molecule has 3 saturated heterocycles. The Kier molecular flexibility index (Phi) is 8.48. The number of nitrogens with one attached hydrogen (secondary N) is 1. The first kappa shape index (κ1) is 28.0. The number of ether oxygens (including phenoxy) is 4. The molecule has 4 atom stereocenters. The van der Waals surface area contributed by atoms with Gasteiger partial charge in [-0.05, 0) is 35.4 Å². The Balaban J connectivity index is 1.18. The van der Waals surface area contributed by atoms with Gasteiger partial charge in [-0.1, -0.05) is 61.5 Å². The third-order valence-electron chi connectivity index (χ3n) is 8.47. The van der Waals surface area contributed by atoms with Gasteiger partial charge in [-0.25, -0.2) is 0 Å². The van der Waals surface area contributed by atoms with E-state index < -0.39 is 12.1 Å². The highest BCUT2D eigenvalue weighted by Gasteiger charge is 2.43. The van der Waals surface area contributed by atoms with Crippen LogP contribution in [0.25, 0.3) is 0 Å². The van der Waals surface area contributed by atoms with E-state index in [1.54, 1.807) is 12.1 Å². The summed E-state index contributed by atoms with van der Waals surface area (Å²) in [7, 11) is 0. The zero-order valence-corrected chi connectivity index (χ0v) is 23.4. The van der Waals surface area contributed by atoms with Crippen LogP contribution in [0, 0.1) is 5.92 Å². The Labute approximate surface area is 241 Å². The molecule has 3 aliphatic rings. The molecule has 4 unspecified atom stereocenters. The molecule has 6 rings (SSSR count). The number of hydrogen-bond donors (Lipinski definition) is 2. The Morgan fingerprint density at radius 2 is 1.56 bits per heavy atom. The van der Waals surface area contributed by atoms with E-state index in [4.69, 9.17) is 18.9 Å². The van der Waals surface area contributed by atoms with Gasteiger partial charge in [0.1, 0.15) is 0 Å². The average molecular weight is 559 g/mol. The molecule has 3 fully saturated rings. The van der Waals surface area contributed by atoms with E-state index in [1.165, 1.54) is 0 Å². The Morgan fingerprint density at radius 1 is 0.902 bits per heavy atom. The first-order valence-corrected chi connectivity index (χ1v) is 14.5. The molecule has 3 aliphatic heterocycles. The van der Waals surface area contributed by atoms with Gasteiger partial charge >= 0.3 is 0 Å². The molecule has 2 N–H and O–H groups in total. The average Bonchev–Trinajstić information content (AvgIpc) is 3.48. The number of piperidine rings is 1. The minimum absolute atomic E-state index is 0.00670. The summed E-state index contributed by atoms with van der Waals surface area (Å²) in [6.07, 6.45) is 0.914. The predicted octanol–water partition coefficient (Wildman–Crippen LogP) is 5.06. The summed E-state index contributed by atoms with van der Waals surface area (Å²) in [5, 5.41) is 12.5. The highest BCUT2D eigenvalue weighted by Crippen LogP contribution is 2.42. The van der Waals surface area contributed by atoms with Gasteiger partial charge in [-0.15, -0.1) is 0 Å². The number of rotatable bonds is 7. The SMILES string of the molecule is CC1C(CN2CCC3(CC2)OCCO3)OC(c2ccc(NC(=O)c3ccccc3)cc2)OC1c1ccc(CO)cc1. The van der Waals surface area contributed by atoms with E-state index in [0.717, 1.165) is 49.2 Å². The lowest BCUT2D eigenvalue weighted by atomic mass is 9.89. The van der Waals surface area contributed by atoms with Gasteiger partial charge in [0.05, 0.1) is 32.0 Å². The number of nitrogens with zero attached hydrogens (tertiary/aromatic N) is 1. The fourth-order valence-electron chi connectivity index (χ4n) is 5.96. The Bertz CT molecular complexity index is 1280. The van der Waals surface area contributed by atoms with Crippen molar-refractivity contribution in [3.8, 4) is 0 Å². The molecule has 8 heteroatoms. The van der Waals surface area contributed by atoms with Gasteiger partial charge in [-0.2, -0.15) is 0 Å². The summed E-state index contributed by atoms with van der Waals surface area (Å²) in [5.74, 6) is -0.457. The monoisotopic (exact) mass is 558 g/mol. The van der Waals surface area contributed by atoms with Gasteiger partial charge in [0.2, 0.25) is 0 Å². The second-order valence-corrected chi connectivity index (χ2v) is 11.2. The lowest BCUT2D eigenvalue weighted by molar-refractivity contribution is -0.278. The largest absolute Gasteiger partial charge is 0.392 e. The minimum Gasteiger partial charge on any atom is -0.392 e. The van der Waals surface area contributed by atoms with Crippen LogP contribution in [0.2, 0.25) is 0 Å². The smallest absolute Gasteiger partial charge is 0.255 e. The topological polar surface area (TPSA) is 89.5 Å². The van der Waals surface area contributed by atoms with E-state index in [0.29, 0.717) is 24.5 Å². The first-order valence-electron chi connectivity index (χ1n) is 14.5. The highest BCUT2D eigenvalue weighted by atomic mass is 16.7. The normalized spacial score (nSPS) is 26.2. The molecule has 0 saturated carbocycles. The van der Waals surface area contributed by atoms with Crippen molar-refractivity contribution in [2.45, 2.75) is 50.7 Å². The van der Waals surface area contributed by atoms with Crippen LogP contribution >= 0.6 is 0 Å². The van der Waals surface area contributed by atoms with Crippen molar-refractivity contribution in [2.75, 3.05) is 38.2 Å². The standard InChI is InChI=1S/C33H38N2O6/c1-23-29(21-35-17-15-33(16-18-35)38-19-20-39-33)40-32(41-30(23)25-9-7-24(22-36)8-10-25)27-11-13-28(14-12-27)34-31(37)26-5-3-2-4-6-26/h2-14,23,29-30,32,36H,15-22H2,1H3,(H,34,37). The molecular weight excluding hydrogens is 520 g/mol. The summed E-state index contributed by atoms with van der Waals surface area (Å²) >= 11 is 0. The van der Waals surface area contributed by atoms with Crippen LogP contribution in [0.3, 0.4) is 0 Å². The summed E-state index contributed by atoms with van der Waals surface area (Å²) in [6.45, 7) is 6.11. The summed E-state index contributed by atoms with van der Waals surface area (Å²) < 4.78 is 25.1. The molecule has 8 nitrogen and oxygen atoms in total. The fraction of sp³-hybridized carbons (Fsp3) is 0.424. The maximum absolute atomic E-state index is 12.6. The molecule has 0 radical (unpaired) electrons. The molecule has 3 aromatic carbocycles. The van der Waals surface area contributed by atoms with Crippen molar-refractivity contribution in [2.24, 2.45) is 5.92 Å². The van der Waals surface area contributed by atoms with Crippen LogP contribution in [-0.2, 0) is 25.6 Å². The number of amides is 1. The van der Waals surface area contributed by atoms with Crippen LogP contribution < -0.4 is 5.32 Å². The maximum Gasteiger partial charge on any atom is 0.255 e. The summed E-state index contributed by atoms with van der Waals surface area (Å²) in [5.41, 5.74) is 4.13. The summed E-state index contributed by atoms with van der Waals surface area (Å²) in [4.78, 5) is 15.0. The van der Waals surface area contributed by atoms with Gasteiger partial charge in [-0.3, -0.25) is 4.79 Å². The molecule has 0 bridgehead atoms. The van der Waals surface area contributed by atoms with E-state index in [9.17, 15) is 9.90 Å². The zero-order chi connectivity index (χ0) is 28.2. The number of likely N-dealkylation sites (tertiary alicyclic amines) is 1. The molecule has 3 heterocycles. The fourth-order valence-corrected chi connectivity index (χ4v) is 5.96. The molecule has 0 aromatic heterocycles. The number of aliphatic hydroxyl groups excluding tert-OH is 1. The molecule has 1 amide bonds. The summed E-state index contributed by atoms with van der Waals surface area (Å²) in [6, 6.07) is 24.8. The molecule has 0 aliphatic carbocycles.